The molecule has 0 aromatic heterocycles. The van der Waals surface area contributed by atoms with E-state index in [4.69, 9.17) is 11.6 Å². The summed E-state index contributed by atoms with van der Waals surface area (Å²) in [6.07, 6.45) is 9.07. The summed E-state index contributed by atoms with van der Waals surface area (Å²) >= 11 is 6.04. The standard InChI is InChI=1S/C20H24ClNO/c21-18-7-5-17(6-8-18)20(11-1-2-12-20)19(23)22-13-9-16(10-14-22)15-3-4-15/h5-8H,1-4,9-14H2. The molecule has 1 heterocycles. The number of nitrogens with zero attached hydrogens (tertiary/aromatic N) is 1. The summed E-state index contributed by atoms with van der Waals surface area (Å²) < 4.78 is 0. The maximum absolute atomic E-state index is 13.4. The molecule has 0 radical (unpaired) electrons. The lowest BCUT2D eigenvalue weighted by molar-refractivity contribution is -0.137. The van der Waals surface area contributed by atoms with Crippen LogP contribution in [0.3, 0.4) is 0 Å². The number of piperidine rings is 1. The maximum atomic E-state index is 13.4. The van der Waals surface area contributed by atoms with Crippen LogP contribution < -0.4 is 0 Å². The fraction of sp³-hybridized carbons (Fsp3) is 0.550. The molecule has 23 heavy (non-hydrogen) atoms. The molecule has 3 heteroatoms. The first-order valence-electron chi connectivity index (χ1n) is 8.94. The third kappa shape index (κ3) is 2.82. The number of hydrogen-bond donors (Lipinski definition) is 0. The van der Waals surface area contributed by atoms with Gasteiger partial charge in [0, 0.05) is 18.1 Å². The van der Waals surface area contributed by atoms with Crippen molar-refractivity contribution in [1.82, 2.24) is 4.90 Å². The lowest BCUT2D eigenvalue weighted by atomic mass is 9.77. The number of benzene rings is 1. The number of carbonyl (C=O) groups excluding carboxylic acids is 1. The van der Waals surface area contributed by atoms with Crippen LogP contribution in [0.5, 0.6) is 0 Å². The molecule has 4 rings (SSSR count). The van der Waals surface area contributed by atoms with Gasteiger partial charge in [0.05, 0.1) is 5.41 Å². The van der Waals surface area contributed by atoms with Crippen molar-refractivity contribution in [2.45, 2.75) is 56.8 Å². The fourth-order valence-electron chi connectivity index (χ4n) is 4.43. The summed E-state index contributed by atoms with van der Waals surface area (Å²) in [6.45, 7) is 1.82. The molecule has 2 aliphatic carbocycles. The molecule has 1 saturated heterocycles. The molecule has 122 valence electrons. The molecule has 3 fully saturated rings. The average molecular weight is 330 g/mol. The number of hydrogen-bond acceptors (Lipinski definition) is 1. The maximum Gasteiger partial charge on any atom is 0.233 e. The highest BCUT2D eigenvalue weighted by Gasteiger charge is 2.45. The van der Waals surface area contributed by atoms with E-state index in [-0.39, 0.29) is 5.41 Å². The van der Waals surface area contributed by atoms with E-state index >= 15 is 0 Å². The van der Waals surface area contributed by atoms with E-state index < -0.39 is 0 Å². The van der Waals surface area contributed by atoms with E-state index in [1.54, 1.807) is 11.1 Å². The van der Waals surface area contributed by atoms with Gasteiger partial charge >= 0.3 is 0 Å². The minimum Gasteiger partial charge on any atom is -0.341 e. The van der Waals surface area contributed by atoms with Crippen molar-refractivity contribution in [2.75, 3.05) is 13.1 Å². The van der Waals surface area contributed by atoms with Crippen LogP contribution in [0.1, 0.15) is 56.9 Å². The number of halogens is 1. The molecular formula is C20H24ClNO. The van der Waals surface area contributed by atoms with Crippen molar-refractivity contribution in [3.8, 4) is 0 Å². The van der Waals surface area contributed by atoms with Crippen LogP contribution >= 0.6 is 11.6 Å². The molecule has 1 amide bonds. The molecule has 1 aromatic carbocycles. The number of amides is 1. The lowest BCUT2D eigenvalue weighted by Crippen LogP contribution is -2.47. The Morgan fingerprint density at radius 3 is 2.04 bits per heavy atom. The van der Waals surface area contributed by atoms with E-state index in [1.165, 1.54) is 12.8 Å². The molecular weight excluding hydrogens is 306 g/mol. The number of likely N-dealkylation sites (tertiary alicyclic amines) is 1. The highest BCUT2D eigenvalue weighted by atomic mass is 35.5. The predicted octanol–water partition coefficient (Wildman–Crippen LogP) is 4.86. The van der Waals surface area contributed by atoms with Gasteiger partial charge in [0.15, 0.2) is 0 Å². The van der Waals surface area contributed by atoms with Gasteiger partial charge in [-0.15, -0.1) is 0 Å². The zero-order valence-electron chi connectivity index (χ0n) is 13.6. The number of allylic oxidation sites excluding steroid dienone is 1. The van der Waals surface area contributed by atoms with Crippen LogP contribution in [0, 0.1) is 0 Å². The van der Waals surface area contributed by atoms with Gasteiger partial charge in [0.2, 0.25) is 5.91 Å². The van der Waals surface area contributed by atoms with Crippen LogP contribution in [0.4, 0.5) is 0 Å². The normalized spacial score (nSPS) is 23.3. The Labute approximate surface area is 143 Å². The molecule has 0 spiro atoms. The minimum absolute atomic E-state index is 0.297. The largest absolute Gasteiger partial charge is 0.341 e. The van der Waals surface area contributed by atoms with Crippen LogP contribution in [-0.2, 0) is 10.2 Å². The summed E-state index contributed by atoms with van der Waals surface area (Å²) in [6, 6.07) is 7.98. The quantitative estimate of drug-likeness (QED) is 0.709. The first-order valence-corrected chi connectivity index (χ1v) is 9.32. The summed E-state index contributed by atoms with van der Waals surface area (Å²) in [5.74, 6) is 0.358. The lowest BCUT2D eigenvalue weighted by Gasteiger charge is -2.37. The Bertz CT molecular complexity index is 624. The second-order valence-corrected chi connectivity index (χ2v) is 7.73. The van der Waals surface area contributed by atoms with Crippen LogP contribution in [0.2, 0.25) is 5.02 Å². The monoisotopic (exact) mass is 329 g/mol. The van der Waals surface area contributed by atoms with E-state index in [1.807, 2.05) is 12.1 Å². The summed E-state index contributed by atoms with van der Waals surface area (Å²) in [5, 5.41) is 0.744. The van der Waals surface area contributed by atoms with E-state index in [9.17, 15) is 4.79 Å². The molecule has 3 aliphatic rings. The van der Waals surface area contributed by atoms with Gasteiger partial charge in [-0.3, -0.25) is 4.79 Å². The minimum atomic E-state index is -0.297. The zero-order chi connectivity index (χ0) is 15.9. The third-order valence-electron chi connectivity index (χ3n) is 5.92. The van der Waals surface area contributed by atoms with Gasteiger partial charge in [-0.05, 0) is 56.2 Å². The van der Waals surface area contributed by atoms with E-state index in [2.05, 4.69) is 17.0 Å². The number of carbonyl (C=O) groups is 1. The van der Waals surface area contributed by atoms with Crippen molar-refractivity contribution < 1.29 is 4.79 Å². The highest BCUT2D eigenvalue weighted by Crippen LogP contribution is 2.44. The second-order valence-electron chi connectivity index (χ2n) is 7.30. The summed E-state index contributed by atoms with van der Waals surface area (Å²) in [4.78, 5) is 15.5. The first kappa shape index (κ1) is 15.3. The second kappa shape index (κ2) is 5.98. The molecule has 0 atom stereocenters. The molecule has 1 aromatic rings. The van der Waals surface area contributed by atoms with Crippen molar-refractivity contribution in [1.29, 1.82) is 0 Å². The molecule has 2 nitrogen and oxygen atoms in total. The SMILES string of the molecule is O=C(N1CCC(=C2CC2)CC1)C1(c2ccc(Cl)cc2)CCCC1. The Morgan fingerprint density at radius 2 is 1.48 bits per heavy atom. The van der Waals surface area contributed by atoms with Gasteiger partial charge in [-0.1, -0.05) is 47.7 Å². The third-order valence-corrected chi connectivity index (χ3v) is 6.17. The Hall–Kier alpha value is -1.28. The highest BCUT2D eigenvalue weighted by molar-refractivity contribution is 6.30. The topological polar surface area (TPSA) is 20.3 Å². The average Bonchev–Trinajstić information content (AvgIpc) is 3.32. The summed E-state index contributed by atoms with van der Waals surface area (Å²) in [7, 11) is 0. The van der Waals surface area contributed by atoms with Crippen molar-refractivity contribution in [2.24, 2.45) is 0 Å². The molecule has 0 bridgehead atoms. The molecule has 0 N–H and O–H groups in total. The predicted molar refractivity (Wildman–Crippen MR) is 93.7 cm³/mol. The van der Waals surface area contributed by atoms with Gasteiger partial charge in [-0.2, -0.15) is 0 Å². The van der Waals surface area contributed by atoms with Gasteiger partial charge in [0.25, 0.3) is 0 Å². The zero-order valence-corrected chi connectivity index (χ0v) is 14.4. The fourth-order valence-corrected chi connectivity index (χ4v) is 4.55. The number of rotatable bonds is 2. The van der Waals surface area contributed by atoms with Crippen molar-refractivity contribution in [3.05, 3.63) is 46.0 Å². The smallest absolute Gasteiger partial charge is 0.233 e. The van der Waals surface area contributed by atoms with Gasteiger partial charge < -0.3 is 4.90 Å². The van der Waals surface area contributed by atoms with E-state index in [0.29, 0.717) is 5.91 Å². The van der Waals surface area contributed by atoms with Gasteiger partial charge in [-0.25, -0.2) is 0 Å². The molecule has 1 aliphatic heterocycles. The van der Waals surface area contributed by atoms with Crippen LogP contribution in [0.25, 0.3) is 0 Å². The first-order chi connectivity index (χ1) is 11.2. The van der Waals surface area contributed by atoms with Crippen LogP contribution in [0.15, 0.2) is 35.4 Å². The Kier molecular flexibility index (Phi) is 3.96. The van der Waals surface area contributed by atoms with Crippen molar-refractivity contribution >= 4 is 17.5 Å². The van der Waals surface area contributed by atoms with Crippen LogP contribution in [-0.4, -0.2) is 23.9 Å². The van der Waals surface area contributed by atoms with Crippen molar-refractivity contribution in [3.63, 3.8) is 0 Å². The van der Waals surface area contributed by atoms with Gasteiger partial charge in [0.1, 0.15) is 0 Å². The Morgan fingerprint density at radius 1 is 0.913 bits per heavy atom. The Balaban J connectivity index is 1.56. The molecule has 2 saturated carbocycles. The molecule has 0 unspecified atom stereocenters. The van der Waals surface area contributed by atoms with E-state index in [0.717, 1.165) is 62.2 Å². The summed E-state index contributed by atoms with van der Waals surface area (Å²) in [5.41, 5.74) is 4.18.